The minimum atomic E-state index is -1.51. The third-order valence-corrected chi connectivity index (χ3v) is 9.51. The van der Waals surface area contributed by atoms with E-state index >= 15 is 0 Å². The molecule has 0 N–H and O–H groups in total. The van der Waals surface area contributed by atoms with Crippen molar-refractivity contribution in [3.63, 3.8) is 0 Å². The third kappa shape index (κ3) is 11.6. The first-order chi connectivity index (χ1) is 18.8. The Kier molecular flexibility index (Phi) is 12.3. The molecule has 0 saturated carbocycles. The zero-order valence-corrected chi connectivity index (χ0v) is 25.3. The van der Waals surface area contributed by atoms with E-state index < -0.39 is 40.4 Å². The summed E-state index contributed by atoms with van der Waals surface area (Å²) >= 11 is 0. The highest BCUT2D eigenvalue weighted by molar-refractivity contribution is 6.89. The second-order valence-electron chi connectivity index (χ2n) is 10.6. The molecule has 2 rings (SSSR count). The van der Waals surface area contributed by atoms with Gasteiger partial charge in [-0.05, 0) is 37.1 Å². The first-order valence-corrected chi connectivity index (χ1v) is 19.4. The average molecular weight is 595 g/mol. The Balaban J connectivity index is 1.50. The molecule has 0 aliphatic carbocycles. The van der Waals surface area contributed by atoms with Crippen molar-refractivity contribution in [1.82, 2.24) is 0 Å². The van der Waals surface area contributed by atoms with Gasteiger partial charge < -0.3 is 9.47 Å². The van der Waals surface area contributed by atoms with Gasteiger partial charge in [0.25, 0.3) is 0 Å². The lowest BCUT2D eigenvalue weighted by Crippen LogP contribution is -2.37. The van der Waals surface area contributed by atoms with Crippen molar-refractivity contribution in [2.45, 2.75) is 52.1 Å². The zero-order chi connectivity index (χ0) is 29.8. The van der Waals surface area contributed by atoms with Crippen LogP contribution in [-0.4, -0.2) is 53.6 Å². The fourth-order valence-electron chi connectivity index (χ4n) is 3.02. The van der Waals surface area contributed by atoms with Crippen molar-refractivity contribution in [2.75, 3.05) is 13.2 Å². The van der Waals surface area contributed by atoms with Crippen LogP contribution in [0.4, 0.5) is 9.59 Å². The molecule has 0 saturated heterocycles. The van der Waals surface area contributed by atoms with Crippen molar-refractivity contribution >= 4 is 50.8 Å². The second kappa shape index (κ2) is 15.2. The van der Waals surface area contributed by atoms with Gasteiger partial charge in [-0.1, -0.05) is 73.9 Å². The van der Waals surface area contributed by atoms with Crippen molar-refractivity contribution in [3.8, 4) is 0 Å². The van der Waals surface area contributed by atoms with Gasteiger partial charge in [0.2, 0.25) is 0 Å². The Hall–Kier alpha value is -3.73. The molecule has 0 heterocycles. The van der Waals surface area contributed by atoms with Crippen LogP contribution in [0.15, 0.2) is 48.5 Å². The summed E-state index contributed by atoms with van der Waals surface area (Å²) in [5, 5.41) is 10.7. The van der Waals surface area contributed by atoms with Crippen LogP contribution in [-0.2, 0) is 39.1 Å². The molecule has 0 atom stereocenters. The lowest BCUT2D eigenvalue weighted by atomic mass is 10.2. The first-order valence-electron chi connectivity index (χ1n) is 12.4. The highest BCUT2D eigenvalue weighted by atomic mass is 28.3. The van der Waals surface area contributed by atoms with Crippen LogP contribution in [0.2, 0.25) is 39.3 Å². The molecule has 12 nitrogen and oxygen atoms in total. The molecule has 2 aromatic carbocycles. The number of rotatable bonds is 13. The van der Waals surface area contributed by atoms with Gasteiger partial charge in [0, 0.05) is 0 Å². The number of ether oxygens (including phenoxy) is 2. The first kappa shape index (κ1) is 32.5. The maximum atomic E-state index is 11.9. The van der Waals surface area contributed by atoms with Gasteiger partial charge in [-0.25, -0.2) is 29.0 Å². The van der Waals surface area contributed by atoms with Crippen LogP contribution in [0.25, 0.3) is 0 Å². The fraction of sp³-hybridized carbons (Fsp3) is 0.385. The van der Waals surface area contributed by atoms with Crippen molar-refractivity contribution in [3.05, 3.63) is 59.7 Å². The van der Waals surface area contributed by atoms with Gasteiger partial charge >= 0.3 is 24.2 Å². The monoisotopic (exact) mass is 594 g/mol. The van der Waals surface area contributed by atoms with Gasteiger partial charge in [-0.3, -0.25) is 9.78 Å². The lowest BCUT2D eigenvalue weighted by Gasteiger charge is -2.16. The molecule has 218 valence electrons. The van der Waals surface area contributed by atoms with E-state index in [0.29, 0.717) is 0 Å². The van der Waals surface area contributed by atoms with E-state index in [-0.39, 0.29) is 37.2 Å². The molecular weight excluding hydrogens is 560 g/mol. The summed E-state index contributed by atoms with van der Waals surface area (Å²) in [7, 11) is -3.01. The summed E-state index contributed by atoms with van der Waals surface area (Å²) in [5.41, 5.74) is 0.460. The zero-order valence-electron chi connectivity index (χ0n) is 23.3. The highest BCUT2D eigenvalue weighted by Crippen LogP contribution is 2.08. The molecule has 0 radical (unpaired) electrons. The third-order valence-electron chi connectivity index (χ3n) is 5.38. The van der Waals surface area contributed by atoms with Crippen LogP contribution in [0, 0.1) is 0 Å². The van der Waals surface area contributed by atoms with Crippen LogP contribution in [0.1, 0.15) is 33.6 Å². The Morgan fingerprint density at radius 1 is 0.525 bits per heavy atom. The van der Waals surface area contributed by atoms with Crippen molar-refractivity contribution in [2.24, 2.45) is 0 Å². The van der Waals surface area contributed by atoms with Gasteiger partial charge in [-0.15, -0.1) is 0 Å². The molecule has 2 aromatic rings. The van der Waals surface area contributed by atoms with Crippen LogP contribution in [0.3, 0.4) is 0 Å². The molecule has 0 bridgehead atoms. The molecule has 0 unspecified atom stereocenters. The molecule has 0 fully saturated rings. The van der Waals surface area contributed by atoms with E-state index in [1.807, 2.05) is 24.3 Å². The normalized spacial score (nSPS) is 11.2. The topological polar surface area (TPSA) is 142 Å². The SMILES string of the molecule is C[Si](C)(C)c1ccc(C(=O)OOOC(=O)OCCCCOC(=O)OOOC(=O)c2ccc([Si](C)(C)C)cc2)cc1. The average Bonchev–Trinajstić information content (AvgIpc) is 2.89. The van der Waals surface area contributed by atoms with Crippen LogP contribution in [0.5, 0.6) is 0 Å². The number of benzene rings is 2. The number of hydrogen-bond acceptors (Lipinski definition) is 12. The molecule has 0 spiro atoms. The molecule has 14 heteroatoms. The van der Waals surface area contributed by atoms with Gasteiger partial charge in [-0.2, -0.15) is 0 Å². The summed E-state index contributed by atoms with van der Waals surface area (Å²) in [4.78, 5) is 64.1. The Morgan fingerprint density at radius 3 is 1.15 bits per heavy atom. The largest absolute Gasteiger partial charge is 0.543 e. The number of carbonyl (C=O) groups excluding carboxylic acids is 4. The molecule has 0 aliphatic rings. The Bertz CT molecular complexity index is 1040. The Morgan fingerprint density at radius 2 is 0.850 bits per heavy atom. The van der Waals surface area contributed by atoms with E-state index in [9.17, 15) is 19.2 Å². The second-order valence-corrected chi connectivity index (χ2v) is 20.8. The van der Waals surface area contributed by atoms with Crippen LogP contribution >= 0.6 is 0 Å². The van der Waals surface area contributed by atoms with Crippen molar-refractivity contribution in [1.29, 1.82) is 0 Å². The molecule has 0 aliphatic heterocycles. The van der Waals surface area contributed by atoms with E-state index in [2.05, 4.69) is 68.9 Å². The van der Waals surface area contributed by atoms with Crippen LogP contribution < -0.4 is 10.4 Å². The number of carbonyl (C=O) groups is 4. The maximum Gasteiger partial charge on any atom is 0.543 e. The smallest absolute Gasteiger partial charge is 0.432 e. The minimum Gasteiger partial charge on any atom is -0.432 e. The van der Waals surface area contributed by atoms with E-state index in [1.54, 1.807) is 24.3 Å². The van der Waals surface area contributed by atoms with E-state index in [0.717, 1.165) is 0 Å². The summed E-state index contributed by atoms with van der Waals surface area (Å²) in [6.45, 7) is 12.9. The van der Waals surface area contributed by atoms with Gasteiger partial charge in [0.05, 0.1) is 50.6 Å². The van der Waals surface area contributed by atoms with Gasteiger partial charge in [0.1, 0.15) is 0 Å². The van der Waals surface area contributed by atoms with Crippen molar-refractivity contribution < 1.29 is 58.3 Å². The summed E-state index contributed by atoms with van der Waals surface area (Å²) < 4.78 is 9.45. The molecule has 40 heavy (non-hydrogen) atoms. The number of unbranched alkanes of at least 4 members (excludes halogenated alkanes) is 1. The summed E-state index contributed by atoms with van der Waals surface area (Å²) in [5.74, 6) is -1.68. The highest BCUT2D eigenvalue weighted by Gasteiger charge is 2.19. The quantitative estimate of drug-likeness (QED) is 0.105. The maximum absolute atomic E-state index is 11.9. The summed E-state index contributed by atoms with van der Waals surface area (Å²) in [6.07, 6.45) is -1.89. The Labute approximate surface area is 234 Å². The van der Waals surface area contributed by atoms with Gasteiger partial charge in [0.15, 0.2) is 0 Å². The van der Waals surface area contributed by atoms with E-state index in [1.165, 1.54) is 10.4 Å². The van der Waals surface area contributed by atoms with E-state index in [4.69, 9.17) is 9.47 Å². The fourth-order valence-corrected chi connectivity index (χ4v) is 5.36. The standard InChI is InChI=1S/C26H34O12Si2/c1-39(2,3)21-13-9-19(10-14-21)23(27)33-37-35-25(29)31-17-7-8-18-32-26(30)36-38-34-24(28)20-11-15-22(16-12-20)40(4,5)6/h9-16H,7-8,17-18H2,1-6H3. The number of hydrogen-bond donors (Lipinski definition) is 0. The molecule has 0 amide bonds. The predicted molar refractivity (Wildman–Crippen MR) is 146 cm³/mol. The lowest BCUT2D eigenvalue weighted by molar-refractivity contribution is -0.452. The molecule has 0 aromatic heterocycles. The molecular formula is C26H34O12Si2. The minimum absolute atomic E-state index is 0.0999. The summed E-state index contributed by atoms with van der Waals surface area (Å²) in [6, 6.07) is 13.8. The predicted octanol–water partition coefficient (Wildman–Crippen LogP) is 4.57.